The maximum Gasteiger partial charge on any atom is 0.252 e. The van der Waals surface area contributed by atoms with E-state index in [1.165, 1.54) is 12.1 Å². The lowest BCUT2D eigenvalue weighted by Gasteiger charge is -2.19. The first-order chi connectivity index (χ1) is 12.3. The maximum absolute atomic E-state index is 12.8. The fourth-order valence-corrected chi connectivity index (χ4v) is 3.81. The van der Waals surface area contributed by atoms with E-state index < -0.39 is 10.0 Å². The molecule has 1 atom stereocenters. The number of sulfonamides is 1. The van der Waals surface area contributed by atoms with E-state index in [-0.39, 0.29) is 16.8 Å². The third kappa shape index (κ3) is 4.71. The van der Waals surface area contributed by atoms with Gasteiger partial charge in [0.25, 0.3) is 5.91 Å². The monoisotopic (exact) mass is 374 g/mol. The number of amides is 1. The standard InChI is InChI=1S/C20H26N2O3S/c1-5-19(16-10-7-14(3)8-11-16)22-20(23)18-13-17(12-9-15(18)4)26(24,25)21-6-2/h7-13,19,21H,5-6H2,1-4H3,(H,22,23). The van der Waals surface area contributed by atoms with E-state index in [9.17, 15) is 13.2 Å². The molecule has 0 saturated carbocycles. The molecule has 0 aliphatic heterocycles. The van der Waals surface area contributed by atoms with Gasteiger partial charge in [0.2, 0.25) is 10.0 Å². The van der Waals surface area contributed by atoms with Gasteiger partial charge >= 0.3 is 0 Å². The number of benzene rings is 2. The van der Waals surface area contributed by atoms with Crippen molar-refractivity contribution in [2.24, 2.45) is 0 Å². The molecule has 0 radical (unpaired) electrons. The zero-order valence-electron chi connectivity index (χ0n) is 15.7. The fourth-order valence-electron chi connectivity index (χ4n) is 2.74. The van der Waals surface area contributed by atoms with E-state index in [1.807, 2.05) is 38.1 Å². The second-order valence-electron chi connectivity index (χ2n) is 6.32. The number of hydrogen-bond donors (Lipinski definition) is 2. The van der Waals surface area contributed by atoms with Crippen LogP contribution in [0.25, 0.3) is 0 Å². The molecule has 2 N–H and O–H groups in total. The minimum Gasteiger partial charge on any atom is -0.345 e. The number of nitrogens with one attached hydrogen (secondary N) is 2. The van der Waals surface area contributed by atoms with Crippen LogP contribution < -0.4 is 10.0 Å². The Morgan fingerprint density at radius 2 is 1.69 bits per heavy atom. The second kappa shape index (κ2) is 8.47. The van der Waals surface area contributed by atoms with Crippen molar-refractivity contribution in [3.8, 4) is 0 Å². The zero-order chi connectivity index (χ0) is 19.3. The van der Waals surface area contributed by atoms with Crippen LogP contribution in [0, 0.1) is 13.8 Å². The summed E-state index contributed by atoms with van der Waals surface area (Å²) in [5.41, 5.74) is 3.29. The van der Waals surface area contributed by atoms with Crippen LogP contribution in [-0.2, 0) is 10.0 Å². The van der Waals surface area contributed by atoms with Crippen molar-refractivity contribution in [3.63, 3.8) is 0 Å². The molecule has 6 heteroatoms. The molecule has 1 amide bonds. The molecule has 0 aromatic heterocycles. The van der Waals surface area contributed by atoms with E-state index in [2.05, 4.69) is 10.0 Å². The summed E-state index contributed by atoms with van der Waals surface area (Å²) in [5.74, 6) is -0.275. The van der Waals surface area contributed by atoms with Crippen LogP contribution >= 0.6 is 0 Å². The summed E-state index contributed by atoms with van der Waals surface area (Å²) in [6.45, 7) is 7.83. The van der Waals surface area contributed by atoms with Gasteiger partial charge in [0.1, 0.15) is 0 Å². The van der Waals surface area contributed by atoms with Crippen molar-refractivity contribution in [2.75, 3.05) is 6.54 Å². The highest BCUT2D eigenvalue weighted by atomic mass is 32.2. The molecular weight excluding hydrogens is 348 g/mol. The Balaban J connectivity index is 2.29. The first kappa shape index (κ1) is 20.1. The number of carbonyl (C=O) groups excluding carboxylic acids is 1. The largest absolute Gasteiger partial charge is 0.345 e. The topological polar surface area (TPSA) is 75.3 Å². The van der Waals surface area contributed by atoms with E-state index in [4.69, 9.17) is 0 Å². The molecule has 0 fully saturated rings. The molecule has 0 aliphatic carbocycles. The predicted molar refractivity (Wildman–Crippen MR) is 104 cm³/mol. The van der Waals surface area contributed by atoms with Crippen LogP contribution in [0.5, 0.6) is 0 Å². The zero-order valence-corrected chi connectivity index (χ0v) is 16.5. The van der Waals surface area contributed by atoms with Gasteiger partial charge in [0.15, 0.2) is 0 Å². The van der Waals surface area contributed by atoms with E-state index in [0.717, 1.165) is 23.1 Å². The lowest BCUT2D eigenvalue weighted by Crippen LogP contribution is -2.29. The minimum absolute atomic E-state index is 0.0958. The summed E-state index contributed by atoms with van der Waals surface area (Å²) >= 11 is 0. The minimum atomic E-state index is -3.60. The first-order valence-electron chi connectivity index (χ1n) is 8.76. The Morgan fingerprint density at radius 3 is 2.27 bits per heavy atom. The molecule has 2 aromatic carbocycles. The molecule has 0 aliphatic rings. The molecule has 2 aromatic rings. The lowest BCUT2D eigenvalue weighted by atomic mass is 10.0. The van der Waals surface area contributed by atoms with Crippen molar-refractivity contribution in [3.05, 3.63) is 64.7 Å². The maximum atomic E-state index is 12.8. The van der Waals surface area contributed by atoms with Gasteiger partial charge in [-0.2, -0.15) is 0 Å². The fraction of sp³-hybridized carbons (Fsp3) is 0.350. The Hall–Kier alpha value is -2.18. The summed E-state index contributed by atoms with van der Waals surface area (Å²) < 4.78 is 26.9. The predicted octanol–water partition coefficient (Wildman–Crippen LogP) is 3.48. The average molecular weight is 375 g/mol. The van der Waals surface area contributed by atoms with E-state index in [1.54, 1.807) is 19.9 Å². The smallest absolute Gasteiger partial charge is 0.252 e. The molecule has 0 bridgehead atoms. The van der Waals surface area contributed by atoms with Crippen molar-refractivity contribution in [2.45, 2.75) is 45.1 Å². The quantitative estimate of drug-likeness (QED) is 0.779. The third-order valence-corrected chi connectivity index (χ3v) is 5.83. The Morgan fingerprint density at radius 1 is 1.04 bits per heavy atom. The summed E-state index contributed by atoms with van der Waals surface area (Å²) in [6.07, 6.45) is 0.739. The SMILES string of the molecule is CCNS(=O)(=O)c1ccc(C)c(C(=O)NC(CC)c2ccc(C)cc2)c1. The van der Waals surface area contributed by atoms with Crippen LogP contribution in [0.4, 0.5) is 0 Å². The number of rotatable bonds is 7. The van der Waals surface area contributed by atoms with Crippen LogP contribution in [0.15, 0.2) is 47.4 Å². The van der Waals surface area contributed by atoms with Gasteiger partial charge in [0, 0.05) is 12.1 Å². The summed E-state index contributed by atoms with van der Waals surface area (Å²) in [6, 6.07) is 12.5. The van der Waals surface area contributed by atoms with Crippen LogP contribution in [-0.4, -0.2) is 20.9 Å². The van der Waals surface area contributed by atoms with Crippen molar-refractivity contribution < 1.29 is 13.2 Å². The molecule has 2 rings (SSSR count). The highest BCUT2D eigenvalue weighted by Gasteiger charge is 2.19. The van der Waals surface area contributed by atoms with Gasteiger partial charge in [-0.15, -0.1) is 0 Å². The van der Waals surface area contributed by atoms with Crippen LogP contribution in [0.2, 0.25) is 0 Å². The lowest BCUT2D eigenvalue weighted by molar-refractivity contribution is 0.0934. The van der Waals surface area contributed by atoms with Gasteiger partial charge in [-0.05, 0) is 43.5 Å². The highest BCUT2D eigenvalue weighted by molar-refractivity contribution is 7.89. The summed E-state index contributed by atoms with van der Waals surface area (Å²) in [4.78, 5) is 12.9. The Kier molecular flexibility index (Phi) is 6.56. The van der Waals surface area contributed by atoms with Gasteiger partial charge < -0.3 is 5.32 Å². The summed E-state index contributed by atoms with van der Waals surface area (Å²) in [5, 5.41) is 3.02. The van der Waals surface area contributed by atoms with Gasteiger partial charge in [-0.25, -0.2) is 13.1 Å². The number of aryl methyl sites for hydroxylation is 2. The molecule has 140 valence electrons. The Labute approximate surface area is 155 Å². The average Bonchev–Trinajstić information content (AvgIpc) is 2.60. The molecule has 0 saturated heterocycles. The van der Waals surface area contributed by atoms with E-state index in [0.29, 0.717) is 12.1 Å². The normalized spacial score (nSPS) is 12.6. The molecule has 0 heterocycles. The first-order valence-corrected chi connectivity index (χ1v) is 10.2. The molecule has 0 spiro atoms. The molecule has 26 heavy (non-hydrogen) atoms. The molecular formula is C20H26N2O3S. The van der Waals surface area contributed by atoms with Crippen molar-refractivity contribution in [1.82, 2.24) is 10.0 Å². The van der Waals surface area contributed by atoms with Crippen LogP contribution in [0.3, 0.4) is 0 Å². The van der Waals surface area contributed by atoms with Gasteiger partial charge in [-0.3, -0.25) is 4.79 Å². The van der Waals surface area contributed by atoms with Gasteiger partial charge in [-0.1, -0.05) is 49.7 Å². The van der Waals surface area contributed by atoms with Gasteiger partial charge in [0.05, 0.1) is 10.9 Å². The van der Waals surface area contributed by atoms with Crippen LogP contribution in [0.1, 0.15) is 53.4 Å². The van der Waals surface area contributed by atoms with Crippen molar-refractivity contribution in [1.29, 1.82) is 0 Å². The highest BCUT2D eigenvalue weighted by Crippen LogP contribution is 2.20. The summed E-state index contributed by atoms with van der Waals surface area (Å²) in [7, 11) is -3.60. The Bertz CT molecular complexity index is 874. The number of hydrogen-bond acceptors (Lipinski definition) is 3. The number of carbonyl (C=O) groups is 1. The van der Waals surface area contributed by atoms with Crippen molar-refractivity contribution >= 4 is 15.9 Å². The van der Waals surface area contributed by atoms with E-state index >= 15 is 0 Å². The molecule has 5 nitrogen and oxygen atoms in total. The third-order valence-electron chi connectivity index (χ3n) is 4.29. The second-order valence-corrected chi connectivity index (χ2v) is 8.09. The molecule has 1 unspecified atom stereocenters.